The zero-order valence-electron chi connectivity index (χ0n) is 21.0. The average Bonchev–Trinajstić information content (AvgIpc) is 3.55. The largest absolute Gasteiger partial charge is 0.459 e. The van der Waals surface area contributed by atoms with E-state index in [-0.39, 0.29) is 12.1 Å². The van der Waals surface area contributed by atoms with Gasteiger partial charge in [0.25, 0.3) is 0 Å². The average molecular weight is 564 g/mol. The van der Waals surface area contributed by atoms with Crippen LogP contribution in [0.3, 0.4) is 0 Å². The number of thiocarbonyl (C=S) groups is 1. The summed E-state index contributed by atoms with van der Waals surface area (Å²) < 4.78 is 6.45. The van der Waals surface area contributed by atoms with Gasteiger partial charge in [-0.05, 0) is 97.7 Å². The maximum Gasteiger partial charge on any atom is 0.174 e. The quantitative estimate of drug-likeness (QED) is 0.248. The van der Waals surface area contributed by atoms with Crippen LogP contribution in [0.2, 0.25) is 10.0 Å². The van der Waals surface area contributed by atoms with Crippen LogP contribution in [0.4, 0.5) is 11.4 Å². The van der Waals surface area contributed by atoms with Crippen LogP contribution in [0.15, 0.2) is 83.4 Å². The van der Waals surface area contributed by atoms with Crippen LogP contribution >= 0.6 is 35.4 Å². The number of rotatable bonds is 5. The number of furan rings is 1. The van der Waals surface area contributed by atoms with Crippen LogP contribution in [0.1, 0.15) is 43.3 Å². The smallest absolute Gasteiger partial charge is 0.174 e. The molecular weight excluding hydrogens is 535 g/mol. The summed E-state index contributed by atoms with van der Waals surface area (Å²) >= 11 is 18.9. The molecule has 0 amide bonds. The Bertz CT molecular complexity index is 1430. The monoisotopic (exact) mass is 562 g/mol. The molecule has 4 heterocycles. The maximum atomic E-state index is 6.89. The van der Waals surface area contributed by atoms with E-state index in [2.05, 4.69) is 39.2 Å². The number of halogens is 2. The molecule has 6 rings (SSSR count). The number of piperidine rings is 1. The topological polar surface area (TPSA) is 44.5 Å². The highest BCUT2D eigenvalue weighted by Gasteiger charge is 2.42. The fraction of sp³-hybridized carbons (Fsp3) is 0.267. The lowest BCUT2D eigenvalue weighted by Crippen LogP contribution is -2.33. The van der Waals surface area contributed by atoms with E-state index in [0.717, 1.165) is 58.2 Å². The van der Waals surface area contributed by atoms with E-state index in [1.54, 1.807) is 6.20 Å². The van der Waals surface area contributed by atoms with Crippen LogP contribution in [0.25, 0.3) is 11.3 Å². The van der Waals surface area contributed by atoms with Crippen molar-refractivity contribution < 1.29 is 4.42 Å². The van der Waals surface area contributed by atoms with Gasteiger partial charge in [-0.15, -0.1) is 0 Å². The molecule has 0 saturated carbocycles. The number of nitrogens with zero attached hydrogens (tertiary/aromatic N) is 3. The molecule has 4 aromatic rings. The number of benzene rings is 2. The molecule has 5 nitrogen and oxygen atoms in total. The van der Waals surface area contributed by atoms with Crippen LogP contribution in [0.5, 0.6) is 0 Å². The molecule has 2 aliphatic heterocycles. The van der Waals surface area contributed by atoms with Gasteiger partial charge in [-0.3, -0.25) is 4.98 Å². The summed E-state index contributed by atoms with van der Waals surface area (Å²) in [5, 5.41) is 5.50. The van der Waals surface area contributed by atoms with Crippen LogP contribution < -0.4 is 15.1 Å². The number of pyridine rings is 1. The third-order valence-corrected chi connectivity index (χ3v) is 8.35. The summed E-state index contributed by atoms with van der Waals surface area (Å²) in [5.74, 6) is 2.30. The molecule has 8 heteroatoms. The molecular formula is C30H28Cl2N4OS. The van der Waals surface area contributed by atoms with Gasteiger partial charge < -0.3 is 19.5 Å². The summed E-state index contributed by atoms with van der Waals surface area (Å²) in [6.07, 6.45) is 4.16. The van der Waals surface area contributed by atoms with Gasteiger partial charge in [0.05, 0.1) is 22.4 Å². The first kappa shape index (κ1) is 25.2. The highest BCUT2D eigenvalue weighted by Crippen LogP contribution is 2.44. The normalized spacial score (nSPS) is 20.1. The second-order valence-electron chi connectivity index (χ2n) is 10.0. The molecule has 1 N–H and O–H groups in total. The third kappa shape index (κ3) is 4.89. The van der Waals surface area contributed by atoms with Crippen LogP contribution in [-0.4, -0.2) is 23.2 Å². The number of anilines is 2. The highest BCUT2D eigenvalue weighted by atomic mass is 35.5. The van der Waals surface area contributed by atoms with Crippen LogP contribution in [0, 0.1) is 5.92 Å². The van der Waals surface area contributed by atoms with Crippen molar-refractivity contribution in [1.82, 2.24) is 10.3 Å². The predicted octanol–water partition coefficient (Wildman–Crippen LogP) is 8.06. The van der Waals surface area contributed by atoms with Crippen molar-refractivity contribution in [1.29, 1.82) is 0 Å². The van der Waals surface area contributed by atoms with Crippen molar-refractivity contribution in [2.45, 2.75) is 31.8 Å². The van der Waals surface area contributed by atoms with E-state index in [9.17, 15) is 0 Å². The van der Waals surface area contributed by atoms with Gasteiger partial charge >= 0.3 is 0 Å². The highest BCUT2D eigenvalue weighted by molar-refractivity contribution is 7.80. The Morgan fingerprint density at radius 2 is 1.76 bits per heavy atom. The summed E-state index contributed by atoms with van der Waals surface area (Å²) in [6, 6.07) is 23.3. The summed E-state index contributed by atoms with van der Waals surface area (Å²) in [5.41, 5.74) is 3.83. The van der Waals surface area contributed by atoms with Gasteiger partial charge in [0.15, 0.2) is 5.11 Å². The van der Waals surface area contributed by atoms with E-state index < -0.39 is 0 Å². The Balaban J connectivity index is 1.37. The van der Waals surface area contributed by atoms with Crippen LogP contribution in [-0.2, 0) is 0 Å². The molecule has 0 spiro atoms. The summed E-state index contributed by atoms with van der Waals surface area (Å²) in [6.45, 7) is 4.36. The Kier molecular flexibility index (Phi) is 7.04. The van der Waals surface area contributed by atoms with E-state index >= 15 is 0 Å². The molecule has 0 bridgehead atoms. The van der Waals surface area contributed by atoms with Gasteiger partial charge in [0.2, 0.25) is 0 Å². The van der Waals surface area contributed by atoms with Crippen molar-refractivity contribution in [2.75, 3.05) is 22.9 Å². The zero-order valence-corrected chi connectivity index (χ0v) is 23.3. The van der Waals surface area contributed by atoms with Gasteiger partial charge in [-0.2, -0.15) is 0 Å². The minimum atomic E-state index is -0.254. The van der Waals surface area contributed by atoms with Crippen molar-refractivity contribution in [3.63, 3.8) is 0 Å². The standard InChI is InChI=1S/C30H28Cl2N4OS/c1-19-13-16-35(17-14-19)25-10-9-22(18-23(25)32)36-29(28(34-30(36)38)24-4-2-3-15-33-24)27-12-11-26(37-27)20-5-7-21(31)8-6-20/h2-12,15,18-19,28-29H,13-14,16-17H2,1H3,(H,34,38)/t28-,29-/m1/s1. The molecule has 2 fully saturated rings. The van der Waals surface area contributed by atoms with E-state index in [1.807, 2.05) is 60.7 Å². The molecule has 0 unspecified atom stereocenters. The molecule has 2 atom stereocenters. The molecule has 38 heavy (non-hydrogen) atoms. The van der Waals surface area contributed by atoms with Crippen molar-refractivity contribution in [2.24, 2.45) is 5.92 Å². The second-order valence-corrected chi connectivity index (χ2v) is 11.2. The maximum absolute atomic E-state index is 6.89. The molecule has 2 aromatic carbocycles. The fourth-order valence-corrected chi connectivity index (χ4v) is 6.12. The molecule has 2 aliphatic rings. The molecule has 0 radical (unpaired) electrons. The molecule has 0 aliphatic carbocycles. The Morgan fingerprint density at radius 1 is 0.974 bits per heavy atom. The Hall–Kier alpha value is -3.06. The van der Waals surface area contributed by atoms with Crippen molar-refractivity contribution in [3.05, 3.63) is 100 Å². The first-order chi connectivity index (χ1) is 18.5. The van der Waals surface area contributed by atoms with E-state index in [4.69, 9.17) is 39.8 Å². The lowest BCUT2D eigenvalue weighted by molar-refractivity contribution is 0.438. The lowest BCUT2D eigenvalue weighted by Gasteiger charge is -2.33. The minimum absolute atomic E-state index is 0.199. The first-order valence-corrected chi connectivity index (χ1v) is 14.0. The first-order valence-electron chi connectivity index (χ1n) is 12.9. The number of hydrogen-bond donors (Lipinski definition) is 1. The minimum Gasteiger partial charge on any atom is -0.459 e. The van der Waals surface area contributed by atoms with Gasteiger partial charge in [0, 0.05) is 35.6 Å². The summed E-state index contributed by atoms with van der Waals surface area (Å²) in [4.78, 5) is 9.11. The van der Waals surface area contributed by atoms with Gasteiger partial charge in [-0.25, -0.2) is 0 Å². The summed E-state index contributed by atoms with van der Waals surface area (Å²) in [7, 11) is 0. The van der Waals surface area contributed by atoms with Gasteiger partial charge in [-0.1, -0.05) is 36.2 Å². The predicted molar refractivity (Wildman–Crippen MR) is 159 cm³/mol. The zero-order chi connectivity index (χ0) is 26.2. The van der Waals surface area contributed by atoms with Crippen molar-refractivity contribution >= 4 is 51.9 Å². The Labute approximate surface area is 238 Å². The molecule has 2 aromatic heterocycles. The van der Waals surface area contributed by atoms with E-state index in [0.29, 0.717) is 10.1 Å². The Morgan fingerprint density at radius 3 is 2.47 bits per heavy atom. The lowest BCUT2D eigenvalue weighted by atomic mass is 9.98. The van der Waals surface area contributed by atoms with Gasteiger partial charge in [0.1, 0.15) is 17.6 Å². The molecule has 2 saturated heterocycles. The number of aromatic nitrogens is 1. The molecule has 194 valence electrons. The van der Waals surface area contributed by atoms with Crippen molar-refractivity contribution in [3.8, 4) is 11.3 Å². The second kappa shape index (κ2) is 10.6. The van der Waals surface area contributed by atoms with E-state index in [1.165, 1.54) is 12.8 Å². The SMILES string of the molecule is CC1CCN(c2ccc(N3C(=S)N[C@H](c4ccccn4)[C@H]3c3ccc(-c4ccc(Cl)cc4)o3)cc2Cl)CC1. The number of nitrogens with one attached hydrogen (secondary N) is 1. The fourth-order valence-electron chi connectivity index (χ4n) is 5.35. The number of hydrogen-bond acceptors (Lipinski definition) is 4. The third-order valence-electron chi connectivity index (χ3n) is 7.48.